The van der Waals surface area contributed by atoms with Gasteiger partial charge in [-0.2, -0.15) is 0 Å². The summed E-state index contributed by atoms with van der Waals surface area (Å²) >= 11 is 0. The van der Waals surface area contributed by atoms with Crippen LogP contribution in [0.1, 0.15) is 32.5 Å². The average Bonchev–Trinajstić information content (AvgIpc) is 3.14. The number of nitrogens with zero attached hydrogens (tertiary/aromatic N) is 6. The van der Waals surface area contributed by atoms with Crippen LogP contribution in [0.15, 0.2) is 42.6 Å². The van der Waals surface area contributed by atoms with Gasteiger partial charge < -0.3 is 26.0 Å². The zero-order valence-corrected chi connectivity index (χ0v) is 20.3. The Bertz CT molecular complexity index is 1210. The van der Waals surface area contributed by atoms with Crippen molar-refractivity contribution in [2.45, 2.75) is 32.7 Å². The molecular weight excluding hydrogens is 440 g/mol. The minimum atomic E-state index is 0.165. The fourth-order valence-corrected chi connectivity index (χ4v) is 3.93. The maximum Gasteiger partial charge on any atom is 0.206 e. The Morgan fingerprint density at radius 2 is 1.91 bits per heavy atom. The van der Waals surface area contributed by atoms with E-state index in [1.54, 1.807) is 18.3 Å². The van der Waals surface area contributed by atoms with Crippen LogP contribution in [0.25, 0.3) is 11.3 Å². The zero-order valence-electron chi connectivity index (χ0n) is 20.3. The molecule has 1 aromatic carbocycles. The first-order chi connectivity index (χ1) is 17.0. The average molecular weight is 473 g/mol. The second-order valence-electron chi connectivity index (χ2n) is 8.58. The van der Waals surface area contributed by atoms with Crippen molar-refractivity contribution in [2.75, 3.05) is 48.3 Å². The first-order valence-corrected chi connectivity index (χ1v) is 12.0. The zero-order chi connectivity index (χ0) is 24.6. The minimum absolute atomic E-state index is 0.165. The maximum absolute atomic E-state index is 10.2. The molecule has 4 N–H and O–H groups in total. The molecular formula is C26H32N8O. The molecule has 0 radical (unpaired) electrons. The number of hydrogen-bond donors (Lipinski definition) is 3. The van der Waals surface area contributed by atoms with Gasteiger partial charge in [-0.25, -0.2) is 9.97 Å². The molecule has 0 aliphatic carbocycles. The molecule has 1 aliphatic rings. The Morgan fingerprint density at radius 1 is 1.11 bits per heavy atom. The van der Waals surface area contributed by atoms with Gasteiger partial charge in [-0.05, 0) is 50.0 Å². The Labute approximate surface area is 206 Å². The topological polar surface area (TPSA) is 116 Å². The van der Waals surface area contributed by atoms with Gasteiger partial charge in [-0.3, -0.25) is 0 Å². The third kappa shape index (κ3) is 6.16. The van der Waals surface area contributed by atoms with E-state index in [-0.39, 0.29) is 5.75 Å². The van der Waals surface area contributed by atoms with Crippen molar-refractivity contribution in [3.8, 4) is 28.8 Å². The molecule has 1 aliphatic heterocycles. The van der Waals surface area contributed by atoms with E-state index in [4.69, 9.17) is 5.73 Å². The molecule has 0 amide bonds. The number of nitrogens with one attached hydrogen (secondary N) is 1. The van der Waals surface area contributed by atoms with Crippen molar-refractivity contribution >= 4 is 17.3 Å². The first-order valence-electron chi connectivity index (χ1n) is 12.0. The number of hydrogen-bond acceptors (Lipinski definition) is 9. The predicted octanol–water partition coefficient (Wildman–Crippen LogP) is 2.68. The van der Waals surface area contributed by atoms with Gasteiger partial charge in [0, 0.05) is 44.0 Å². The minimum Gasteiger partial charge on any atom is -0.507 e. The van der Waals surface area contributed by atoms with Crippen molar-refractivity contribution in [3.63, 3.8) is 0 Å². The Hall–Kier alpha value is -3.90. The van der Waals surface area contributed by atoms with Crippen molar-refractivity contribution in [1.82, 2.24) is 25.5 Å². The number of para-hydroxylation sites is 1. The summed E-state index contributed by atoms with van der Waals surface area (Å²) in [7, 11) is 0. The monoisotopic (exact) mass is 472 g/mol. The van der Waals surface area contributed by atoms with Gasteiger partial charge in [0.2, 0.25) is 5.82 Å². The van der Waals surface area contributed by atoms with Gasteiger partial charge in [-0.1, -0.05) is 25.0 Å². The predicted molar refractivity (Wildman–Crippen MR) is 139 cm³/mol. The second-order valence-corrected chi connectivity index (χ2v) is 8.58. The summed E-state index contributed by atoms with van der Waals surface area (Å²) in [5, 5.41) is 21.9. The van der Waals surface area contributed by atoms with Crippen LogP contribution >= 0.6 is 0 Å². The number of nitrogen functional groups attached to an aromatic ring is 1. The number of anilines is 3. The van der Waals surface area contributed by atoms with E-state index < -0.39 is 0 Å². The van der Waals surface area contributed by atoms with E-state index in [1.807, 2.05) is 24.3 Å². The molecule has 35 heavy (non-hydrogen) atoms. The molecule has 4 rings (SSSR count). The lowest BCUT2D eigenvalue weighted by Gasteiger charge is -2.25. The van der Waals surface area contributed by atoms with E-state index in [0.29, 0.717) is 35.5 Å². The van der Waals surface area contributed by atoms with E-state index in [9.17, 15) is 5.11 Å². The van der Waals surface area contributed by atoms with Crippen LogP contribution in [0, 0.1) is 11.8 Å². The highest BCUT2D eigenvalue weighted by molar-refractivity contribution is 5.74. The summed E-state index contributed by atoms with van der Waals surface area (Å²) in [4.78, 5) is 13.5. The molecule has 2 aromatic heterocycles. The molecule has 1 fully saturated rings. The largest absolute Gasteiger partial charge is 0.507 e. The second kappa shape index (κ2) is 11.5. The highest BCUT2D eigenvalue weighted by atomic mass is 16.3. The normalized spacial score (nSPS) is 14.7. The SMILES string of the molecule is CC[C@H](C)NCC#Cc1nccc(N2CCCN(c3cc(-c4ccccc4O)nnc3N)CC2)n1. The van der Waals surface area contributed by atoms with Gasteiger partial charge in [-0.15, -0.1) is 10.2 Å². The third-order valence-corrected chi connectivity index (χ3v) is 6.13. The fraction of sp³-hybridized carbons (Fsp3) is 0.385. The number of aromatic hydroxyl groups is 1. The number of nitrogens with two attached hydrogens (primary N) is 1. The summed E-state index contributed by atoms with van der Waals surface area (Å²) in [6, 6.07) is 11.4. The Kier molecular flexibility index (Phi) is 7.95. The molecule has 9 nitrogen and oxygen atoms in total. The summed E-state index contributed by atoms with van der Waals surface area (Å²) in [6.45, 7) is 8.11. The standard InChI is InChI=1S/C26H32N8O/c1-3-19(2)28-12-6-10-24-29-13-11-25(30-24)34-15-7-14-33(16-17-34)22-18-21(31-32-26(22)27)20-8-4-5-9-23(20)35/h4-5,8-9,11,13,18-19,28,35H,3,7,12,14-17H2,1-2H3,(H2,27,32)/t19-/m0/s1. The van der Waals surface area contributed by atoms with Crippen molar-refractivity contribution in [3.05, 3.63) is 48.4 Å². The van der Waals surface area contributed by atoms with Gasteiger partial charge in [0.1, 0.15) is 11.6 Å². The van der Waals surface area contributed by atoms with E-state index >= 15 is 0 Å². The molecule has 1 atom stereocenters. The lowest BCUT2D eigenvalue weighted by atomic mass is 10.1. The van der Waals surface area contributed by atoms with E-state index in [1.165, 1.54) is 0 Å². The third-order valence-electron chi connectivity index (χ3n) is 6.13. The number of phenolic OH excluding ortho intramolecular Hbond substituents is 1. The highest BCUT2D eigenvalue weighted by Gasteiger charge is 2.20. The first kappa shape index (κ1) is 24.2. The van der Waals surface area contributed by atoms with Gasteiger partial charge in [0.05, 0.1) is 17.9 Å². The molecule has 0 bridgehead atoms. The molecule has 0 spiro atoms. The van der Waals surface area contributed by atoms with Crippen molar-refractivity contribution in [1.29, 1.82) is 0 Å². The maximum atomic E-state index is 10.2. The summed E-state index contributed by atoms with van der Waals surface area (Å²) < 4.78 is 0. The Morgan fingerprint density at radius 3 is 2.74 bits per heavy atom. The van der Waals surface area contributed by atoms with Crippen LogP contribution in [-0.4, -0.2) is 64.0 Å². The van der Waals surface area contributed by atoms with E-state index in [2.05, 4.69) is 61.0 Å². The number of rotatable bonds is 6. The quantitative estimate of drug-likeness (QED) is 0.466. The molecule has 182 valence electrons. The molecule has 0 unspecified atom stereocenters. The van der Waals surface area contributed by atoms with E-state index in [0.717, 1.165) is 50.5 Å². The van der Waals surface area contributed by atoms with Crippen molar-refractivity contribution in [2.24, 2.45) is 0 Å². The smallest absolute Gasteiger partial charge is 0.206 e. The van der Waals surface area contributed by atoms with Gasteiger partial charge >= 0.3 is 0 Å². The number of benzene rings is 1. The van der Waals surface area contributed by atoms with Crippen LogP contribution < -0.4 is 20.9 Å². The molecule has 1 saturated heterocycles. The van der Waals surface area contributed by atoms with Crippen molar-refractivity contribution < 1.29 is 5.11 Å². The van der Waals surface area contributed by atoms with Crippen LogP contribution in [0.3, 0.4) is 0 Å². The lowest BCUT2D eigenvalue weighted by Crippen LogP contribution is -2.31. The summed E-state index contributed by atoms with van der Waals surface area (Å²) in [5.74, 6) is 8.12. The molecule has 3 heterocycles. The highest BCUT2D eigenvalue weighted by Crippen LogP contribution is 2.31. The van der Waals surface area contributed by atoms with Gasteiger partial charge in [0.15, 0.2) is 5.82 Å². The molecule has 3 aromatic rings. The van der Waals surface area contributed by atoms with Crippen LogP contribution in [0.5, 0.6) is 5.75 Å². The van der Waals surface area contributed by atoms with Crippen LogP contribution in [0.4, 0.5) is 17.3 Å². The van der Waals surface area contributed by atoms with Gasteiger partial charge in [0.25, 0.3) is 0 Å². The number of aromatic nitrogens is 4. The van der Waals surface area contributed by atoms with Crippen LogP contribution in [0.2, 0.25) is 0 Å². The lowest BCUT2D eigenvalue weighted by molar-refractivity contribution is 0.477. The Balaban J connectivity index is 1.45. The molecule has 9 heteroatoms. The molecule has 0 saturated carbocycles. The summed E-state index contributed by atoms with van der Waals surface area (Å²) in [6.07, 6.45) is 3.76. The number of phenols is 1. The summed E-state index contributed by atoms with van der Waals surface area (Å²) in [5.41, 5.74) is 8.25. The fourth-order valence-electron chi connectivity index (χ4n) is 3.93. The van der Waals surface area contributed by atoms with Crippen LogP contribution in [-0.2, 0) is 0 Å².